The number of nitrogens with zero attached hydrogens (tertiary/aromatic N) is 6. The first-order valence-electron chi connectivity index (χ1n) is 7.09. The molecule has 23 heavy (non-hydrogen) atoms. The van der Waals surface area contributed by atoms with Crippen molar-refractivity contribution in [3.63, 3.8) is 0 Å². The van der Waals surface area contributed by atoms with E-state index in [9.17, 15) is 0 Å². The monoisotopic (exact) mass is 323 g/mol. The Labute approximate surface area is 136 Å². The van der Waals surface area contributed by atoms with Gasteiger partial charge in [0.05, 0.1) is 24.3 Å². The summed E-state index contributed by atoms with van der Waals surface area (Å²) in [6, 6.07) is 15.4. The fourth-order valence-corrected chi connectivity index (χ4v) is 2.96. The number of hydrogen-bond donors (Lipinski definition) is 1. The van der Waals surface area contributed by atoms with Gasteiger partial charge in [0.15, 0.2) is 5.82 Å². The SMILES string of the molecule is NC(c1ccc2nsnc2c1)c1nnnn1Cc1ccccc1. The largest absolute Gasteiger partial charge is 0.318 e. The van der Waals surface area contributed by atoms with Crippen molar-refractivity contribution >= 4 is 22.8 Å². The van der Waals surface area contributed by atoms with Gasteiger partial charge in [0.2, 0.25) is 0 Å². The van der Waals surface area contributed by atoms with Crippen LogP contribution in [0.2, 0.25) is 0 Å². The molecule has 0 bridgehead atoms. The lowest BCUT2D eigenvalue weighted by Gasteiger charge is -2.12. The van der Waals surface area contributed by atoms with Crippen molar-refractivity contribution in [2.24, 2.45) is 5.73 Å². The number of fused-ring (bicyclic) bond motifs is 1. The summed E-state index contributed by atoms with van der Waals surface area (Å²) in [4.78, 5) is 0. The van der Waals surface area contributed by atoms with Crippen LogP contribution in [0.4, 0.5) is 0 Å². The maximum atomic E-state index is 6.37. The molecule has 7 nitrogen and oxygen atoms in total. The highest BCUT2D eigenvalue weighted by Crippen LogP contribution is 2.21. The Bertz CT molecular complexity index is 931. The molecule has 0 spiro atoms. The van der Waals surface area contributed by atoms with Crippen LogP contribution in [0.25, 0.3) is 11.0 Å². The van der Waals surface area contributed by atoms with E-state index in [1.807, 2.05) is 48.5 Å². The maximum Gasteiger partial charge on any atom is 0.172 e. The van der Waals surface area contributed by atoms with E-state index >= 15 is 0 Å². The normalized spacial score (nSPS) is 12.6. The Kier molecular flexibility index (Phi) is 3.52. The van der Waals surface area contributed by atoms with Crippen LogP contribution in [-0.4, -0.2) is 29.0 Å². The van der Waals surface area contributed by atoms with Gasteiger partial charge in [-0.3, -0.25) is 0 Å². The van der Waals surface area contributed by atoms with Crippen molar-refractivity contribution in [3.8, 4) is 0 Å². The first-order valence-corrected chi connectivity index (χ1v) is 7.82. The fourth-order valence-electron chi connectivity index (χ4n) is 2.44. The van der Waals surface area contributed by atoms with E-state index in [1.165, 1.54) is 11.7 Å². The van der Waals surface area contributed by atoms with E-state index in [-0.39, 0.29) is 0 Å². The third kappa shape index (κ3) is 2.69. The molecule has 8 heteroatoms. The van der Waals surface area contributed by atoms with Gasteiger partial charge in [0, 0.05) is 0 Å². The molecule has 0 saturated carbocycles. The second kappa shape index (κ2) is 5.82. The van der Waals surface area contributed by atoms with Crippen LogP contribution >= 0.6 is 11.7 Å². The highest BCUT2D eigenvalue weighted by molar-refractivity contribution is 7.00. The van der Waals surface area contributed by atoms with Gasteiger partial charge >= 0.3 is 0 Å². The third-order valence-corrected chi connectivity index (χ3v) is 4.21. The average molecular weight is 323 g/mol. The van der Waals surface area contributed by atoms with Crippen LogP contribution in [0.5, 0.6) is 0 Å². The minimum atomic E-state index is -0.417. The third-order valence-electron chi connectivity index (χ3n) is 3.65. The van der Waals surface area contributed by atoms with Crippen LogP contribution in [0, 0.1) is 0 Å². The van der Waals surface area contributed by atoms with Crippen LogP contribution in [0.15, 0.2) is 48.5 Å². The summed E-state index contributed by atoms with van der Waals surface area (Å²) in [7, 11) is 0. The van der Waals surface area contributed by atoms with Gasteiger partial charge in [0.1, 0.15) is 11.0 Å². The summed E-state index contributed by atoms with van der Waals surface area (Å²) >= 11 is 1.19. The second-order valence-electron chi connectivity index (χ2n) is 5.17. The molecule has 0 aliphatic heterocycles. The van der Waals surface area contributed by atoms with Gasteiger partial charge in [-0.2, -0.15) is 8.75 Å². The topological polar surface area (TPSA) is 95.4 Å². The molecule has 2 N–H and O–H groups in total. The van der Waals surface area contributed by atoms with Crippen LogP contribution < -0.4 is 5.73 Å². The lowest BCUT2D eigenvalue weighted by Crippen LogP contribution is -2.19. The van der Waals surface area contributed by atoms with E-state index in [1.54, 1.807) is 4.68 Å². The molecule has 0 radical (unpaired) electrons. The quantitative estimate of drug-likeness (QED) is 0.615. The highest BCUT2D eigenvalue weighted by atomic mass is 32.1. The molecule has 0 aliphatic carbocycles. The number of tetrazole rings is 1. The zero-order valence-electron chi connectivity index (χ0n) is 12.1. The van der Waals surface area contributed by atoms with E-state index in [0.29, 0.717) is 12.4 Å². The minimum Gasteiger partial charge on any atom is -0.318 e. The Hall–Kier alpha value is -2.71. The van der Waals surface area contributed by atoms with Gasteiger partial charge in [-0.05, 0) is 33.7 Å². The molecule has 0 aliphatic rings. The van der Waals surface area contributed by atoms with E-state index < -0.39 is 6.04 Å². The van der Waals surface area contributed by atoms with Crippen molar-refractivity contribution in [3.05, 3.63) is 65.5 Å². The number of benzene rings is 2. The second-order valence-corrected chi connectivity index (χ2v) is 5.70. The predicted octanol–water partition coefficient (Wildman–Crippen LogP) is 1.77. The molecular formula is C15H13N7S. The number of hydrogen-bond acceptors (Lipinski definition) is 7. The van der Waals surface area contributed by atoms with Crippen LogP contribution in [-0.2, 0) is 6.54 Å². The number of nitrogens with two attached hydrogens (primary N) is 1. The Morgan fingerprint density at radius 2 is 1.87 bits per heavy atom. The lowest BCUT2D eigenvalue weighted by molar-refractivity contribution is 0.598. The van der Waals surface area contributed by atoms with E-state index in [0.717, 1.165) is 22.2 Å². The summed E-state index contributed by atoms with van der Waals surface area (Å²) in [5.41, 5.74) is 10.1. The first-order chi connectivity index (χ1) is 11.3. The molecule has 2 aromatic carbocycles. The standard InChI is InChI=1S/C15H13N7S/c16-14(11-6-7-12-13(8-11)19-23-18-12)15-17-20-21-22(15)9-10-4-2-1-3-5-10/h1-8,14H,9,16H2. The van der Waals surface area contributed by atoms with Crippen molar-refractivity contribution in [1.29, 1.82) is 0 Å². The minimum absolute atomic E-state index is 0.417. The summed E-state index contributed by atoms with van der Waals surface area (Å²) in [5, 5.41) is 11.9. The molecule has 1 atom stereocenters. The van der Waals surface area contributed by atoms with Crippen molar-refractivity contribution in [2.75, 3.05) is 0 Å². The van der Waals surface area contributed by atoms with Gasteiger partial charge in [0.25, 0.3) is 0 Å². The molecule has 1 unspecified atom stereocenters. The van der Waals surface area contributed by atoms with Gasteiger partial charge in [-0.1, -0.05) is 36.4 Å². The molecule has 2 aromatic heterocycles. The molecule has 2 heterocycles. The molecule has 4 aromatic rings. The van der Waals surface area contributed by atoms with Gasteiger partial charge < -0.3 is 5.73 Å². The summed E-state index contributed by atoms with van der Waals surface area (Å²) in [6.45, 7) is 0.581. The molecule has 114 valence electrons. The smallest absolute Gasteiger partial charge is 0.172 e. The van der Waals surface area contributed by atoms with Gasteiger partial charge in [-0.25, -0.2) is 4.68 Å². The fraction of sp³-hybridized carbons (Fsp3) is 0.133. The van der Waals surface area contributed by atoms with Crippen molar-refractivity contribution < 1.29 is 0 Å². The van der Waals surface area contributed by atoms with Crippen LogP contribution in [0.3, 0.4) is 0 Å². The first kappa shape index (κ1) is 13.9. The zero-order valence-corrected chi connectivity index (χ0v) is 12.9. The molecule has 4 rings (SSSR count). The van der Waals surface area contributed by atoms with E-state index in [4.69, 9.17) is 5.73 Å². The lowest BCUT2D eigenvalue weighted by atomic mass is 10.1. The molecule has 0 amide bonds. The van der Waals surface area contributed by atoms with Crippen LogP contribution in [0.1, 0.15) is 23.0 Å². The highest BCUT2D eigenvalue weighted by Gasteiger charge is 2.18. The summed E-state index contributed by atoms with van der Waals surface area (Å²) in [5.74, 6) is 0.622. The summed E-state index contributed by atoms with van der Waals surface area (Å²) in [6.07, 6.45) is 0. The Morgan fingerprint density at radius 3 is 2.74 bits per heavy atom. The molecule has 0 fully saturated rings. The maximum absolute atomic E-state index is 6.37. The van der Waals surface area contributed by atoms with Gasteiger partial charge in [-0.15, -0.1) is 5.10 Å². The molecular weight excluding hydrogens is 310 g/mol. The number of aromatic nitrogens is 6. The van der Waals surface area contributed by atoms with E-state index in [2.05, 4.69) is 24.3 Å². The summed E-state index contributed by atoms with van der Waals surface area (Å²) < 4.78 is 10.2. The Morgan fingerprint density at radius 1 is 1.04 bits per heavy atom. The number of rotatable bonds is 4. The van der Waals surface area contributed by atoms with Crippen molar-refractivity contribution in [2.45, 2.75) is 12.6 Å². The van der Waals surface area contributed by atoms with Crippen molar-refractivity contribution in [1.82, 2.24) is 29.0 Å². The zero-order chi connectivity index (χ0) is 15.6. The predicted molar refractivity (Wildman–Crippen MR) is 86.8 cm³/mol. The average Bonchev–Trinajstić information content (AvgIpc) is 3.23. The molecule has 0 saturated heterocycles. The Balaban J connectivity index is 1.66.